The van der Waals surface area contributed by atoms with E-state index in [1.807, 2.05) is 19.1 Å². The molecule has 2 N–H and O–H groups in total. The summed E-state index contributed by atoms with van der Waals surface area (Å²) in [4.78, 5) is 15.6. The van der Waals surface area contributed by atoms with Gasteiger partial charge in [0.1, 0.15) is 0 Å². The lowest BCUT2D eigenvalue weighted by molar-refractivity contribution is -0.122. The normalized spacial score (nSPS) is 12.1. The minimum atomic E-state index is -0.191. The van der Waals surface area contributed by atoms with Crippen LogP contribution in [0.5, 0.6) is 0 Å². The van der Waals surface area contributed by atoms with Crippen LogP contribution in [0, 0.1) is 0 Å². The third-order valence-corrected chi connectivity index (χ3v) is 2.61. The zero-order valence-corrected chi connectivity index (χ0v) is 11.0. The first-order valence-electron chi connectivity index (χ1n) is 6.13. The fourth-order valence-corrected chi connectivity index (χ4v) is 1.50. The largest absolute Gasteiger partial charge is 0.383 e. The van der Waals surface area contributed by atoms with Crippen LogP contribution in [0.3, 0.4) is 0 Å². The van der Waals surface area contributed by atoms with E-state index in [-0.39, 0.29) is 11.9 Å². The Morgan fingerprint density at radius 2 is 2.11 bits per heavy atom. The number of hydrogen-bond acceptors (Lipinski definition) is 4. The lowest BCUT2D eigenvalue weighted by Crippen LogP contribution is -2.43. The van der Waals surface area contributed by atoms with E-state index < -0.39 is 0 Å². The van der Waals surface area contributed by atoms with Gasteiger partial charge in [-0.25, -0.2) is 0 Å². The monoisotopic (exact) mass is 251 g/mol. The molecule has 0 bridgehead atoms. The van der Waals surface area contributed by atoms with Gasteiger partial charge < -0.3 is 15.4 Å². The summed E-state index contributed by atoms with van der Waals surface area (Å²) in [5.74, 6) is 0.00165. The van der Waals surface area contributed by atoms with Crippen molar-refractivity contribution in [3.05, 3.63) is 30.1 Å². The molecule has 0 saturated carbocycles. The Balaban J connectivity index is 2.16. The molecule has 0 aliphatic rings. The number of methoxy groups -OCH3 is 1. The lowest BCUT2D eigenvalue weighted by atomic mass is 10.2. The van der Waals surface area contributed by atoms with Crippen LogP contribution in [0.2, 0.25) is 0 Å². The Labute approximate surface area is 108 Å². The Morgan fingerprint density at radius 1 is 1.39 bits per heavy atom. The molecular formula is C13H21N3O2. The van der Waals surface area contributed by atoms with Crippen molar-refractivity contribution in [2.45, 2.75) is 19.4 Å². The predicted molar refractivity (Wildman–Crippen MR) is 70.3 cm³/mol. The number of carbonyl (C=O) groups is 1. The fraction of sp³-hybridized carbons (Fsp3) is 0.538. The van der Waals surface area contributed by atoms with Crippen LogP contribution in [0.25, 0.3) is 0 Å². The molecule has 0 aliphatic heterocycles. The third kappa shape index (κ3) is 5.75. The summed E-state index contributed by atoms with van der Waals surface area (Å²) in [5, 5.41) is 5.98. The highest BCUT2D eigenvalue weighted by Gasteiger charge is 2.10. The topological polar surface area (TPSA) is 63.2 Å². The molecule has 1 rings (SSSR count). The second kappa shape index (κ2) is 8.60. The van der Waals surface area contributed by atoms with Gasteiger partial charge in [0.05, 0.1) is 12.6 Å². The predicted octanol–water partition coefficient (Wildman–Crippen LogP) is 0.365. The van der Waals surface area contributed by atoms with Gasteiger partial charge in [-0.15, -0.1) is 0 Å². The van der Waals surface area contributed by atoms with Crippen LogP contribution in [-0.4, -0.2) is 43.7 Å². The zero-order valence-electron chi connectivity index (χ0n) is 11.0. The molecule has 1 aromatic rings. The third-order valence-electron chi connectivity index (χ3n) is 2.61. The Hall–Kier alpha value is -1.46. The van der Waals surface area contributed by atoms with E-state index in [0.29, 0.717) is 13.2 Å². The molecule has 1 amide bonds. The fourth-order valence-electron chi connectivity index (χ4n) is 1.50. The van der Waals surface area contributed by atoms with Crippen LogP contribution >= 0.6 is 0 Å². The first-order valence-corrected chi connectivity index (χ1v) is 6.13. The van der Waals surface area contributed by atoms with Crippen LogP contribution in [0.15, 0.2) is 24.5 Å². The zero-order chi connectivity index (χ0) is 13.2. The van der Waals surface area contributed by atoms with Gasteiger partial charge in [-0.3, -0.25) is 9.78 Å². The molecule has 0 fully saturated rings. The van der Waals surface area contributed by atoms with Gasteiger partial charge in [0.2, 0.25) is 5.91 Å². The van der Waals surface area contributed by atoms with E-state index in [2.05, 4.69) is 15.6 Å². The number of carbonyl (C=O) groups excluding carboxylic acids is 1. The second-order valence-corrected chi connectivity index (χ2v) is 4.07. The highest BCUT2D eigenvalue weighted by atomic mass is 16.5. The maximum atomic E-state index is 11.6. The van der Waals surface area contributed by atoms with Crippen molar-refractivity contribution < 1.29 is 9.53 Å². The summed E-state index contributed by atoms with van der Waals surface area (Å²) in [7, 11) is 1.61. The van der Waals surface area contributed by atoms with Crippen molar-refractivity contribution in [1.82, 2.24) is 15.6 Å². The van der Waals surface area contributed by atoms with Crippen molar-refractivity contribution in [2.75, 3.05) is 26.8 Å². The number of pyridine rings is 1. The van der Waals surface area contributed by atoms with E-state index in [1.54, 1.807) is 19.5 Å². The average Bonchev–Trinajstić information content (AvgIpc) is 2.40. The van der Waals surface area contributed by atoms with Crippen molar-refractivity contribution in [2.24, 2.45) is 0 Å². The maximum absolute atomic E-state index is 11.6. The molecule has 5 heteroatoms. The lowest BCUT2D eigenvalue weighted by Gasteiger charge is -2.13. The Morgan fingerprint density at radius 3 is 2.78 bits per heavy atom. The van der Waals surface area contributed by atoms with Crippen molar-refractivity contribution in [3.8, 4) is 0 Å². The number of hydrogen-bond donors (Lipinski definition) is 2. The first-order chi connectivity index (χ1) is 8.74. The second-order valence-electron chi connectivity index (χ2n) is 4.07. The number of nitrogens with one attached hydrogen (secondary N) is 2. The average molecular weight is 251 g/mol. The maximum Gasteiger partial charge on any atom is 0.236 e. The van der Waals surface area contributed by atoms with Gasteiger partial charge in [0.25, 0.3) is 0 Å². The smallest absolute Gasteiger partial charge is 0.236 e. The molecule has 1 heterocycles. The van der Waals surface area contributed by atoms with Crippen LogP contribution < -0.4 is 10.6 Å². The molecular weight excluding hydrogens is 230 g/mol. The SMILES string of the molecule is COCCNC(=O)C(C)NCCc1ccncc1. The number of amides is 1. The molecule has 1 unspecified atom stereocenters. The standard InChI is InChI=1S/C13H21N3O2/c1-11(13(17)16-9-10-18-2)15-8-5-12-3-6-14-7-4-12/h3-4,6-7,11,15H,5,8-10H2,1-2H3,(H,16,17). The first kappa shape index (κ1) is 14.6. The summed E-state index contributed by atoms with van der Waals surface area (Å²) in [6.07, 6.45) is 4.44. The van der Waals surface area contributed by atoms with E-state index >= 15 is 0 Å². The van der Waals surface area contributed by atoms with E-state index in [0.717, 1.165) is 13.0 Å². The van der Waals surface area contributed by atoms with E-state index in [9.17, 15) is 4.79 Å². The molecule has 1 aromatic heterocycles. The highest BCUT2D eigenvalue weighted by molar-refractivity contribution is 5.81. The molecule has 18 heavy (non-hydrogen) atoms. The van der Waals surface area contributed by atoms with Crippen LogP contribution in [0.4, 0.5) is 0 Å². The van der Waals surface area contributed by atoms with E-state index in [1.165, 1.54) is 5.56 Å². The van der Waals surface area contributed by atoms with Crippen molar-refractivity contribution in [3.63, 3.8) is 0 Å². The molecule has 0 saturated heterocycles. The summed E-state index contributed by atoms with van der Waals surface area (Å²) < 4.78 is 4.87. The van der Waals surface area contributed by atoms with Gasteiger partial charge in [0, 0.05) is 26.0 Å². The van der Waals surface area contributed by atoms with Crippen LogP contribution in [0.1, 0.15) is 12.5 Å². The summed E-state index contributed by atoms with van der Waals surface area (Å²) in [6.45, 7) is 3.71. The van der Waals surface area contributed by atoms with Crippen molar-refractivity contribution >= 4 is 5.91 Å². The summed E-state index contributed by atoms with van der Waals surface area (Å²) in [6, 6.07) is 3.76. The van der Waals surface area contributed by atoms with Gasteiger partial charge in [-0.2, -0.15) is 0 Å². The van der Waals surface area contributed by atoms with Gasteiger partial charge in [-0.05, 0) is 37.6 Å². The molecule has 0 aliphatic carbocycles. The number of rotatable bonds is 8. The van der Waals surface area contributed by atoms with E-state index in [4.69, 9.17) is 4.74 Å². The Bertz CT molecular complexity index is 343. The number of nitrogens with zero attached hydrogens (tertiary/aromatic N) is 1. The highest BCUT2D eigenvalue weighted by Crippen LogP contribution is 1.96. The van der Waals surface area contributed by atoms with Crippen LogP contribution in [-0.2, 0) is 16.0 Å². The number of aromatic nitrogens is 1. The molecule has 0 aromatic carbocycles. The number of ether oxygens (including phenoxy) is 1. The van der Waals surface area contributed by atoms with Gasteiger partial charge in [-0.1, -0.05) is 0 Å². The molecule has 100 valence electrons. The minimum absolute atomic E-state index is 0.00165. The summed E-state index contributed by atoms with van der Waals surface area (Å²) >= 11 is 0. The molecule has 0 radical (unpaired) electrons. The van der Waals surface area contributed by atoms with Gasteiger partial charge >= 0.3 is 0 Å². The molecule has 1 atom stereocenters. The van der Waals surface area contributed by atoms with Crippen molar-refractivity contribution in [1.29, 1.82) is 0 Å². The minimum Gasteiger partial charge on any atom is -0.383 e. The quantitative estimate of drug-likeness (QED) is 0.655. The molecule has 5 nitrogen and oxygen atoms in total. The molecule has 0 spiro atoms. The van der Waals surface area contributed by atoms with Gasteiger partial charge in [0.15, 0.2) is 0 Å². The Kier molecular flexibility index (Phi) is 6.98. The summed E-state index contributed by atoms with van der Waals surface area (Å²) in [5.41, 5.74) is 1.21.